The fourth-order valence-electron chi connectivity index (χ4n) is 2.26. The Morgan fingerprint density at radius 2 is 2.07 bits per heavy atom. The lowest BCUT2D eigenvalue weighted by Crippen LogP contribution is -2.57. The number of hydrogen-bond acceptors (Lipinski definition) is 3. The molecule has 0 amide bonds. The molecule has 2 atom stereocenters. The molecule has 0 aromatic rings. The van der Waals surface area contributed by atoms with Gasteiger partial charge in [-0.3, -0.25) is 0 Å². The fourth-order valence-corrected chi connectivity index (χ4v) is 2.26. The van der Waals surface area contributed by atoms with Gasteiger partial charge in [-0.2, -0.15) is 0 Å². The average molecular weight is 200 g/mol. The number of rotatable bonds is 4. The van der Waals surface area contributed by atoms with Crippen LogP contribution in [-0.2, 0) is 4.74 Å². The first-order valence-electron chi connectivity index (χ1n) is 5.42. The summed E-state index contributed by atoms with van der Waals surface area (Å²) in [6, 6.07) is 0.500. The van der Waals surface area contributed by atoms with Crippen LogP contribution in [0.25, 0.3) is 0 Å². The van der Waals surface area contributed by atoms with Gasteiger partial charge in [-0.05, 0) is 41.4 Å². The average Bonchev–Trinajstić information content (AvgIpc) is 2.57. The summed E-state index contributed by atoms with van der Waals surface area (Å²) >= 11 is 0. The monoisotopic (exact) mass is 200 g/mol. The van der Waals surface area contributed by atoms with E-state index in [2.05, 4.69) is 38.2 Å². The van der Waals surface area contributed by atoms with Crippen molar-refractivity contribution in [3.63, 3.8) is 0 Å². The van der Waals surface area contributed by atoms with Crippen LogP contribution in [0.5, 0.6) is 0 Å². The molecule has 0 aromatic carbocycles. The second-order valence-electron chi connectivity index (χ2n) is 4.94. The van der Waals surface area contributed by atoms with Crippen LogP contribution in [0.4, 0.5) is 0 Å². The summed E-state index contributed by atoms with van der Waals surface area (Å²) in [5, 5.41) is 3.44. The highest BCUT2D eigenvalue weighted by atomic mass is 16.5. The van der Waals surface area contributed by atoms with E-state index in [9.17, 15) is 0 Å². The lowest BCUT2D eigenvalue weighted by atomic mass is 9.83. The van der Waals surface area contributed by atoms with E-state index in [4.69, 9.17) is 4.74 Å². The van der Waals surface area contributed by atoms with Gasteiger partial charge in [0.1, 0.15) is 0 Å². The standard InChI is InChI=1S/C11H24N2O/c1-11(2,13(4)5)10(12-3)9-6-7-14-8-9/h9-10,12H,6-8H2,1-5H3. The molecule has 0 radical (unpaired) electrons. The van der Waals surface area contributed by atoms with Gasteiger partial charge in [0.05, 0.1) is 6.61 Å². The Bertz CT molecular complexity index is 174. The van der Waals surface area contributed by atoms with Crippen LogP contribution in [0.1, 0.15) is 20.3 Å². The number of ether oxygens (including phenoxy) is 1. The van der Waals surface area contributed by atoms with Crippen molar-refractivity contribution >= 4 is 0 Å². The molecule has 1 aliphatic rings. The minimum atomic E-state index is 0.174. The lowest BCUT2D eigenvalue weighted by Gasteiger charge is -2.42. The molecule has 0 saturated carbocycles. The molecular weight excluding hydrogens is 176 g/mol. The number of nitrogens with one attached hydrogen (secondary N) is 1. The summed E-state index contributed by atoms with van der Waals surface area (Å²) in [6.45, 7) is 6.40. The quantitative estimate of drug-likeness (QED) is 0.731. The Kier molecular flexibility index (Phi) is 3.93. The normalized spacial score (nSPS) is 25.7. The first-order valence-corrected chi connectivity index (χ1v) is 5.42. The zero-order chi connectivity index (χ0) is 10.8. The van der Waals surface area contributed by atoms with E-state index in [1.54, 1.807) is 0 Å². The van der Waals surface area contributed by atoms with Crippen molar-refractivity contribution < 1.29 is 4.74 Å². The molecule has 0 aliphatic carbocycles. The molecule has 1 fully saturated rings. The molecule has 84 valence electrons. The van der Waals surface area contributed by atoms with Gasteiger partial charge in [-0.1, -0.05) is 0 Å². The summed E-state index contributed by atoms with van der Waals surface area (Å²) in [7, 11) is 6.33. The van der Waals surface area contributed by atoms with Crippen LogP contribution < -0.4 is 5.32 Å². The largest absolute Gasteiger partial charge is 0.381 e. The van der Waals surface area contributed by atoms with E-state index in [0.717, 1.165) is 13.2 Å². The van der Waals surface area contributed by atoms with Gasteiger partial charge in [0.2, 0.25) is 0 Å². The van der Waals surface area contributed by atoms with Crippen LogP contribution in [0.3, 0.4) is 0 Å². The van der Waals surface area contributed by atoms with E-state index in [1.165, 1.54) is 6.42 Å². The van der Waals surface area contributed by atoms with Gasteiger partial charge in [0.25, 0.3) is 0 Å². The highest BCUT2D eigenvalue weighted by Gasteiger charge is 2.37. The topological polar surface area (TPSA) is 24.5 Å². The highest BCUT2D eigenvalue weighted by Crippen LogP contribution is 2.27. The number of hydrogen-bond donors (Lipinski definition) is 1. The van der Waals surface area contributed by atoms with Crippen molar-refractivity contribution in [3.05, 3.63) is 0 Å². The Morgan fingerprint density at radius 1 is 1.43 bits per heavy atom. The van der Waals surface area contributed by atoms with Crippen molar-refractivity contribution in [1.29, 1.82) is 0 Å². The van der Waals surface area contributed by atoms with E-state index in [0.29, 0.717) is 12.0 Å². The molecule has 0 bridgehead atoms. The molecule has 1 N–H and O–H groups in total. The van der Waals surface area contributed by atoms with Crippen LogP contribution in [-0.4, -0.2) is 50.8 Å². The summed E-state index contributed by atoms with van der Waals surface area (Å²) in [4.78, 5) is 2.28. The van der Waals surface area contributed by atoms with Crippen molar-refractivity contribution in [1.82, 2.24) is 10.2 Å². The van der Waals surface area contributed by atoms with Crippen molar-refractivity contribution in [3.8, 4) is 0 Å². The SMILES string of the molecule is CNC(C1CCOC1)C(C)(C)N(C)C. The van der Waals surface area contributed by atoms with Crippen LogP contribution >= 0.6 is 0 Å². The smallest absolute Gasteiger partial charge is 0.0510 e. The van der Waals surface area contributed by atoms with E-state index >= 15 is 0 Å². The molecule has 3 nitrogen and oxygen atoms in total. The molecule has 2 unspecified atom stereocenters. The van der Waals surface area contributed by atoms with E-state index < -0.39 is 0 Å². The van der Waals surface area contributed by atoms with Gasteiger partial charge in [0.15, 0.2) is 0 Å². The zero-order valence-electron chi connectivity index (χ0n) is 10.1. The summed E-state index contributed by atoms with van der Waals surface area (Å²) in [5.74, 6) is 0.650. The molecular formula is C11H24N2O. The minimum absolute atomic E-state index is 0.174. The fraction of sp³-hybridized carbons (Fsp3) is 1.00. The van der Waals surface area contributed by atoms with Gasteiger partial charge >= 0.3 is 0 Å². The maximum absolute atomic E-state index is 5.46. The Morgan fingerprint density at radius 3 is 2.43 bits per heavy atom. The number of likely N-dealkylation sites (N-methyl/N-ethyl adjacent to an activating group) is 2. The lowest BCUT2D eigenvalue weighted by molar-refractivity contribution is 0.0955. The summed E-state index contributed by atoms with van der Waals surface area (Å²) in [6.07, 6.45) is 1.18. The highest BCUT2D eigenvalue weighted by molar-refractivity contribution is 4.95. The maximum atomic E-state index is 5.46. The van der Waals surface area contributed by atoms with E-state index in [1.807, 2.05) is 7.05 Å². The maximum Gasteiger partial charge on any atom is 0.0510 e. The Hall–Kier alpha value is -0.120. The molecule has 1 heterocycles. The summed E-state index contributed by atoms with van der Waals surface area (Å²) < 4.78 is 5.46. The third-order valence-electron chi connectivity index (χ3n) is 3.66. The van der Waals surface area contributed by atoms with Gasteiger partial charge < -0.3 is 15.0 Å². The molecule has 1 saturated heterocycles. The Balaban J connectivity index is 2.68. The predicted molar refractivity (Wildman–Crippen MR) is 59.5 cm³/mol. The molecule has 14 heavy (non-hydrogen) atoms. The molecule has 3 heteroatoms. The second-order valence-corrected chi connectivity index (χ2v) is 4.94. The minimum Gasteiger partial charge on any atom is -0.381 e. The number of nitrogens with zero attached hydrogens (tertiary/aromatic N) is 1. The van der Waals surface area contributed by atoms with Crippen LogP contribution in [0.15, 0.2) is 0 Å². The van der Waals surface area contributed by atoms with Crippen molar-refractivity contribution in [2.24, 2.45) is 5.92 Å². The third kappa shape index (κ3) is 2.27. The second kappa shape index (κ2) is 4.60. The Labute approximate surface area is 87.8 Å². The first kappa shape index (κ1) is 12.0. The van der Waals surface area contributed by atoms with Gasteiger partial charge in [-0.25, -0.2) is 0 Å². The predicted octanol–water partition coefficient (Wildman–Crippen LogP) is 0.951. The van der Waals surface area contributed by atoms with Crippen molar-refractivity contribution in [2.45, 2.75) is 31.8 Å². The summed E-state index contributed by atoms with van der Waals surface area (Å²) in [5.41, 5.74) is 0.174. The molecule has 0 aromatic heterocycles. The molecule has 1 aliphatic heterocycles. The zero-order valence-corrected chi connectivity index (χ0v) is 10.1. The van der Waals surface area contributed by atoms with E-state index in [-0.39, 0.29) is 5.54 Å². The van der Waals surface area contributed by atoms with Crippen LogP contribution in [0, 0.1) is 5.92 Å². The van der Waals surface area contributed by atoms with Crippen LogP contribution in [0.2, 0.25) is 0 Å². The van der Waals surface area contributed by atoms with Gasteiger partial charge in [-0.15, -0.1) is 0 Å². The molecule has 1 rings (SSSR count). The first-order chi connectivity index (χ1) is 6.50. The third-order valence-corrected chi connectivity index (χ3v) is 3.66. The van der Waals surface area contributed by atoms with Gasteiger partial charge in [0, 0.05) is 24.1 Å². The van der Waals surface area contributed by atoms with Crippen molar-refractivity contribution in [2.75, 3.05) is 34.4 Å². The molecule has 0 spiro atoms.